The molecule has 0 unspecified atom stereocenters. The summed E-state index contributed by atoms with van der Waals surface area (Å²) in [5, 5.41) is 12.0. The highest BCUT2D eigenvalue weighted by Crippen LogP contribution is 2.48. The van der Waals surface area contributed by atoms with E-state index in [2.05, 4.69) is 31.3 Å². The van der Waals surface area contributed by atoms with Gasteiger partial charge in [-0.3, -0.25) is 0 Å². The summed E-state index contributed by atoms with van der Waals surface area (Å²) in [4.78, 5) is 0. The van der Waals surface area contributed by atoms with Crippen molar-refractivity contribution in [2.24, 2.45) is 11.8 Å². The maximum absolute atomic E-state index is 12.0. The minimum Gasteiger partial charge on any atom is -0.380 e. The zero-order chi connectivity index (χ0) is 15.9. The second-order valence-electron chi connectivity index (χ2n) is 7.69. The van der Waals surface area contributed by atoms with Crippen LogP contribution in [0.1, 0.15) is 24.0 Å². The van der Waals surface area contributed by atoms with Crippen LogP contribution < -0.4 is 0 Å². The largest absolute Gasteiger partial charge is 0.380 e. The Balaban J connectivity index is 1.84. The van der Waals surface area contributed by atoms with Gasteiger partial charge >= 0.3 is 0 Å². The fraction of sp³-hybridized carbons (Fsp3) is 0.429. The van der Waals surface area contributed by atoms with E-state index in [0.29, 0.717) is 11.8 Å². The van der Waals surface area contributed by atoms with Crippen LogP contribution in [0.15, 0.2) is 60.7 Å². The Hall–Kier alpha value is -1.64. The number of quaternary nitrogens is 1. The van der Waals surface area contributed by atoms with Gasteiger partial charge in [0, 0.05) is 18.8 Å². The van der Waals surface area contributed by atoms with Gasteiger partial charge in [-0.05, 0) is 17.0 Å². The van der Waals surface area contributed by atoms with E-state index in [1.54, 1.807) is 0 Å². The van der Waals surface area contributed by atoms with E-state index >= 15 is 0 Å². The Labute approximate surface area is 139 Å². The first kappa shape index (κ1) is 14.9. The van der Waals surface area contributed by atoms with Crippen LogP contribution in [0.5, 0.6) is 0 Å². The van der Waals surface area contributed by atoms with Gasteiger partial charge in [0.1, 0.15) is 5.60 Å². The molecule has 120 valence electrons. The Morgan fingerprint density at radius 3 is 1.78 bits per heavy atom. The minimum absolute atomic E-state index is 0.291. The van der Waals surface area contributed by atoms with E-state index in [-0.39, 0.29) is 0 Å². The molecule has 0 spiro atoms. The Morgan fingerprint density at radius 1 is 0.870 bits per heavy atom. The topological polar surface area (TPSA) is 20.2 Å². The molecule has 3 aliphatic heterocycles. The predicted octanol–water partition coefficient (Wildman–Crippen LogP) is 3.41. The number of hydrogen-bond donors (Lipinski definition) is 1. The monoisotopic (exact) mass is 308 g/mol. The SMILES string of the molecule is C[N+]12CCC(CC1)[C@H](C(O)(c1ccccc1)c1ccccc1)C2. The number of aliphatic hydroxyl groups is 1. The fourth-order valence-electron chi connectivity index (χ4n) is 4.87. The van der Waals surface area contributed by atoms with Gasteiger partial charge in [-0.1, -0.05) is 60.7 Å². The molecule has 2 aromatic rings. The molecule has 0 aliphatic carbocycles. The molecule has 0 radical (unpaired) electrons. The van der Waals surface area contributed by atoms with Gasteiger partial charge in [-0.25, -0.2) is 0 Å². The zero-order valence-electron chi connectivity index (χ0n) is 13.9. The predicted molar refractivity (Wildman–Crippen MR) is 92.9 cm³/mol. The van der Waals surface area contributed by atoms with Gasteiger partial charge < -0.3 is 9.59 Å². The van der Waals surface area contributed by atoms with Crippen LogP contribution in [0, 0.1) is 11.8 Å². The molecule has 2 nitrogen and oxygen atoms in total. The summed E-state index contributed by atoms with van der Waals surface area (Å²) in [5.74, 6) is 0.917. The average molecular weight is 308 g/mol. The normalized spacial score (nSPS) is 30.3. The molecule has 0 saturated carbocycles. The Bertz CT molecular complexity index is 619. The van der Waals surface area contributed by atoms with Crippen LogP contribution in [-0.2, 0) is 5.60 Å². The van der Waals surface area contributed by atoms with Crippen LogP contribution in [-0.4, -0.2) is 36.3 Å². The lowest BCUT2D eigenvalue weighted by atomic mass is 9.64. The summed E-state index contributed by atoms with van der Waals surface area (Å²) in [6, 6.07) is 20.6. The molecular formula is C21H26NO+. The van der Waals surface area contributed by atoms with E-state index < -0.39 is 5.60 Å². The summed E-state index contributed by atoms with van der Waals surface area (Å²) < 4.78 is 1.11. The number of rotatable bonds is 3. The lowest BCUT2D eigenvalue weighted by Crippen LogP contribution is -2.63. The van der Waals surface area contributed by atoms with E-state index in [1.165, 1.54) is 25.9 Å². The van der Waals surface area contributed by atoms with Gasteiger partial charge in [0.25, 0.3) is 0 Å². The van der Waals surface area contributed by atoms with Crippen molar-refractivity contribution in [3.63, 3.8) is 0 Å². The summed E-state index contributed by atoms with van der Waals surface area (Å²) in [5.41, 5.74) is 1.20. The van der Waals surface area contributed by atoms with E-state index in [0.717, 1.165) is 22.2 Å². The van der Waals surface area contributed by atoms with Gasteiger partial charge in [-0.2, -0.15) is 0 Å². The third-order valence-corrected chi connectivity index (χ3v) is 6.25. The van der Waals surface area contributed by atoms with Crippen molar-refractivity contribution < 1.29 is 9.59 Å². The third-order valence-electron chi connectivity index (χ3n) is 6.25. The average Bonchev–Trinajstić information content (AvgIpc) is 2.62. The molecule has 1 N–H and O–H groups in total. The van der Waals surface area contributed by atoms with Crippen molar-refractivity contribution in [3.8, 4) is 0 Å². The lowest BCUT2D eigenvalue weighted by Gasteiger charge is -2.55. The van der Waals surface area contributed by atoms with Gasteiger partial charge in [0.15, 0.2) is 0 Å². The molecule has 5 rings (SSSR count). The lowest BCUT2D eigenvalue weighted by molar-refractivity contribution is -0.930. The van der Waals surface area contributed by atoms with E-state index in [9.17, 15) is 5.11 Å². The van der Waals surface area contributed by atoms with Crippen LogP contribution >= 0.6 is 0 Å². The maximum atomic E-state index is 12.0. The van der Waals surface area contributed by atoms with Crippen LogP contribution in [0.4, 0.5) is 0 Å². The Morgan fingerprint density at radius 2 is 1.35 bits per heavy atom. The van der Waals surface area contributed by atoms with E-state index in [4.69, 9.17) is 0 Å². The van der Waals surface area contributed by atoms with Crippen molar-refractivity contribution >= 4 is 0 Å². The molecule has 3 fully saturated rings. The van der Waals surface area contributed by atoms with Gasteiger partial charge in [0.05, 0.1) is 26.7 Å². The summed E-state index contributed by atoms with van der Waals surface area (Å²) >= 11 is 0. The number of piperidine rings is 3. The van der Waals surface area contributed by atoms with Crippen molar-refractivity contribution in [3.05, 3.63) is 71.8 Å². The zero-order valence-corrected chi connectivity index (χ0v) is 13.9. The standard InChI is InChI=1S/C21H26NO/c1-22-14-12-17(13-15-22)20(16-22)21(23,18-8-4-2-5-9-18)19-10-6-3-7-11-19/h2-11,17,20,23H,12-16H2,1H3/q+1/t17?,20-,22?/m1/s1. The second-order valence-corrected chi connectivity index (χ2v) is 7.69. The third kappa shape index (κ3) is 2.41. The van der Waals surface area contributed by atoms with Crippen LogP contribution in [0.3, 0.4) is 0 Å². The van der Waals surface area contributed by atoms with Crippen LogP contribution in [0.25, 0.3) is 0 Å². The molecule has 2 heteroatoms. The number of hydrogen-bond acceptors (Lipinski definition) is 1. The highest BCUT2D eigenvalue weighted by atomic mass is 16.3. The minimum atomic E-state index is -0.881. The van der Waals surface area contributed by atoms with Crippen molar-refractivity contribution in [2.45, 2.75) is 18.4 Å². The number of nitrogens with zero attached hydrogens (tertiary/aromatic N) is 1. The molecule has 3 heterocycles. The first-order valence-corrected chi connectivity index (χ1v) is 8.79. The number of fused-ring (bicyclic) bond motifs is 3. The molecule has 2 bridgehead atoms. The molecule has 0 amide bonds. The van der Waals surface area contributed by atoms with Crippen molar-refractivity contribution in [2.75, 3.05) is 26.7 Å². The molecule has 3 aliphatic rings. The van der Waals surface area contributed by atoms with Gasteiger partial charge in [-0.15, -0.1) is 0 Å². The maximum Gasteiger partial charge on any atom is 0.123 e. The quantitative estimate of drug-likeness (QED) is 0.862. The molecule has 23 heavy (non-hydrogen) atoms. The summed E-state index contributed by atoms with van der Waals surface area (Å²) in [6.07, 6.45) is 2.48. The smallest absolute Gasteiger partial charge is 0.123 e. The first-order valence-electron chi connectivity index (χ1n) is 8.79. The molecule has 3 saturated heterocycles. The molecule has 0 aromatic heterocycles. The van der Waals surface area contributed by atoms with Crippen molar-refractivity contribution in [1.29, 1.82) is 0 Å². The second kappa shape index (κ2) is 5.47. The highest BCUT2D eigenvalue weighted by molar-refractivity contribution is 5.37. The summed E-state index contributed by atoms with van der Waals surface area (Å²) in [6.45, 7) is 3.60. The summed E-state index contributed by atoms with van der Waals surface area (Å²) in [7, 11) is 2.36. The highest BCUT2D eigenvalue weighted by Gasteiger charge is 2.53. The van der Waals surface area contributed by atoms with Crippen molar-refractivity contribution in [1.82, 2.24) is 0 Å². The molecular weight excluding hydrogens is 282 g/mol. The van der Waals surface area contributed by atoms with E-state index in [1.807, 2.05) is 36.4 Å². The number of benzene rings is 2. The van der Waals surface area contributed by atoms with Crippen LogP contribution in [0.2, 0.25) is 0 Å². The molecule has 1 atom stereocenters. The van der Waals surface area contributed by atoms with Gasteiger partial charge in [0.2, 0.25) is 0 Å². The molecule has 2 aromatic carbocycles. The Kier molecular flexibility index (Phi) is 3.55. The first-order chi connectivity index (χ1) is 11.1. The fourth-order valence-corrected chi connectivity index (χ4v) is 4.87.